The summed E-state index contributed by atoms with van der Waals surface area (Å²) in [5, 5.41) is 10.4. The number of imidazole rings is 1. The van der Waals surface area contributed by atoms with Crippen LogP contribution in [-0.2, 0) is 18.8 Å². The van der Waals surface area contributed by atoms with Crippen LogP contribution in [0, 0.1) is 0 Å². The molecule has 9 nitrogen and oxygen atoms in total. The molecule has 2 N–H and O–H groups in total. The number of nitrogens with zero attached hydrogens (tertiary/aromatic N) is 4. The van der Waals surface area contributed by atoms with Crippen molar-refractivity contribution in [3.8, 4) is 0 Å². The number of hydrogen-bond acceptors (Lipinski definition) is 6. The van der Waals surface area contributed by atoms with Gasteiger partial charge in [-0.05, 0) is 25.7 Å². The molecule has 0 bridgehead atoms. The molecular weight excluding hydrogens is 326 g/mol. The normalized spacial score (nSPS) is 23.5. The van der Waals surface area contributed by atoms with E-state index in [2.05, 4.69) is 14.9 Å². The lowest BCUT2D eigenvalue weighted by molar-refractivity contribution is -0.164. The van der Waals surface area contributed by atoms with Gasteiger partial charge >= 0.3 is 5.69 Å². The quantitative estimate of drug-likeness (QED) is 0.717. The fourth-order valence-electron chi connectivity index (χ4n) is 4.05. The van der Waals surface area contributed by atoms with Crippen LogP contribution in [0.3, 0.4) is 0 Å². The average Bonchev–Trinajstić information content (AvgIpc) is 2.94. The Hall–Kier alpha value is -2.13. The summed E-state index contributed by atoms with van der Waals surface area (Å²) < 4.78 is 9.01. The molecule has 136 valence electrons. The first kappa shape index (κ1) is 16.3. The monoisotopic (exact) mass is 349 g/mol. The van der Waals surface area contributed by atoms with Crippen molar-refractivity contribution >= 4 is 17.1 Å². The number of rotatable bonds is 1. The van der Waals surface area contributed by atoms with Crippen molar-refractivity contribution in [2.75, 3.05) is 24.6 Å². The lowest BCUT2D eigenvalue weighted by Crippen LogP contribution is -2.55. The molecule has 0 radical (unpaired) electrons. The molecule has 4 rings (SSSR count). The maximum atomic E-state index is 12.2. The zero-order valence-corrected chi connectivity index (χ0v) is 14.5. The minimum atomic E-state index is -0.474. The highest BCUT2D eigenvalue weighted by Gasteiger charge is 2.44. The van der Waals surface area contributed by atoms with Crippen LogP contribution in [0.2, 0.25) is 0 Å². The van der Waals surface area contributed by atoms with Crippen molar-refractivity contribution < 1.29 is 9.84 Å². The van der Waals surface area contributed by atoms with Crippen molar-refractivity contribution in [3.63, 3.8) is 0 Å². The summed E-state index contributed by atoms with van der Waals surface area (Å²) in [5.41, 5.74) is -0.604. The largest absolute Gasteiger partial charge is 0.390 e. The zero-order chi connectivity index (χ0) is 17.8. The number of hydrogen-bond donors (Lipinski definition) is 2. The van der Waals surface area contributed by atoms with Gasteiger partial charge in [-0.15, -0.1) is 0 Å². The fraction of sp³-hybridized carbons (Fsp3) is 0.688. The van der Waals surface area contributed by atoms with E-state index in [1.54, 1.807) is 18.7 Å². The number of aliphatic hydroxyl groups is 1. The van der Waals surface area contributed by atoms with Crippen molar-refractivity contribution in [2.24, 2.45) is 14.1 Å². The van der Waals surface area contributed by atoms with Crippen molar-refractivity contribution in [3.05, 3.63) is 20.8 Å². The first-order chi connectivity index (χ1) is 11.9. The summed E-state index contributed by atoms with van der Waals surface area (Å²) in [5.74, 6) is 0.654. The SMILES string of the molecule is Cn1c(N2CCC3(CC2)OCCCC3O)nc2c1c(=O)[nH]c(=O)n2C. The summed E-state index contributed by atoms with van der Waals surface area (Å²) in [7, 11) is 3.37. The number of nitrogens with one attached hydrogen (secondary N) is 1. The van der Waals surface area contributed by atoms with Crippen molar-refractivity contribution in [2.45, 2.75) is 37.4 Å². The molecule has 25 heavy (non-hydrogen) atoms. The highest BCUT2D eigenvalue weighted by atomic mass is 16.5. The summed E-state index contributed by atoms with van der Waals surface area (Å²) in [6.45, 7) is 2.06. The fourth-order valence-corrected chi connectivity index (χ4v) is 4.05. The Morgan fingerprint density at radius 3 is 2.64 bits per heavy atom. The Morgan fingerprint density at radius 1 is 1.24 bits per heavy atom. The smallest absolute Gasteiger partial charge is 0.329 e. The van der Waals surface area contributed by atoms with Crippen molar-refractivity contribution in [1.82, 2.24) is 19.1 Å². The van der Waals surface area contributed by atoms with E-state index in [1.165, 1.54) is 4.57 Å². The van der Waals surface area contributed by atoms with E-state index >= 15 is 0 Å². The van der Waals surface area contributed by atoms with Gasteiger partial charge in [-0.1, -0.05) is 0 Å². The third-order valence-electron chi connectivity index (χ3n) is 5.62. The van der Waals surface area contributed by atoms with Gasteiger partial charge in [0.15, 0.2) is 11.2 Å². The number of aliphatic hydroxyl groups excluding tert-OH is 1. The van der Waals surface area contributed by atoms with Gasteiger partial charge in [-0.2, -0.15) is 4.98 Å². The van der Waals surface area contributed by atoms with E-state index in [9.17, 15) is 14.7 Å². The van der Waals surface area contributed by atoms with Crippen LogP contribution >= 0.6 is 0 Å². The number of H-pyrrole nitrogens is 1. The summed E-state index contributed by atoms with van der Waals surface area (Å²) in [6.07, 6.45) is 2.68. The molecule has 2 aliphatic rings. The molecule has 9 heteroatoms. The van der Waals surface area contributed by atoms with Crippen LogP contribution < -0.4 is 16.1 Å². The first-order valence-electron chi connectivity index (χ1n) is 8.66. The summed E-state index contributed by atoms with van der Waals surface area (Å²) in [6, 6.07) is 0. The van der Waals surface area contributed by atoms with Gasteiger partial charge in [0.2, 0.25) is 5.95 Å². The second-order valence-corrected chi connectivity index (χ2v) is 7.02. The van der Waals surface area contributed by atoms with E-state index in [1.807, 2.05) is 0 Å². The standard InChI is InChI=1S/C16H23N5O4/c1-19-11-12(20(2)15(24)18-13(11)23)17-14(19)21-7-5-16(6-8-21)10(22)4-3-9-25-16/h10,22H,3-9H2,1-2H3,(H,18,23,24). The van der Waals surface area contributed by atoms with Crippen LogP contribution in [-0.4, -0.2) is 55.6 Å². The molecule has 1 atom stereocenters. The lowest BCUT2D eigenvalue weighted by Gasteiger charge is -2.46. The van der Waals surface area contributed by atoms with Gasteiger partial charge < -0.3 is 19.3 Å². The Labute approximate surface area is 143 Å². The number of fused-ring (bicyclic) bond motifs is 1. The van der Waals surface area contributed by atoms with E-state index in [0.717, 1.165) is 12.8 Å². The Morgan fingerprint density at radius 2 is 1.96 bits per heavy atom. The van der Waals surface area contributed by atoms with Gasteiger partial charge in [-0.25, -0.2) is 4.79 Å². The van der Waals surface area contributed by atoms with Gasteiger partial charge in [0.25, 0.3) is 5.56 Å². The Kier molecular flexibility index (Phi) is 3.73. The molecule has 1 unspecified atom stereocenters. The van der Waals surface area contributed by atoms with Crippen LogP contribution in [0.15, 0.2) is 9.59 Å². The van der Waals surface area contributed by atoms with E-state index in [-0.39, 0.29) is 0 Å². The Bertz CT molecular complexity index is 919. The average molecular weight is 349 g/mol. The summed E-state index contributed by atoms with van der Waals surface area (Å²) in [4.78, 5) is 32.9. The van der Waals surface area contributed by atoms with Crippen molar-refractivity contribution in [1.29, 1.82) is 0 Å². The number of piperidine rings is 1. The highest BCUT2D eigenvalue weighted by Crippen LogP contribution is 2.36. The number of anilines is 1. The molecular formula is C16H23N5O4. The minimum absolute atomic E-state index is 0.375. The van der Waals surface area contributed by atoms with Crippen LogP contribution in [0.1, 0.15) is 25.7 Å². The van der Waals surface area contributed by atoms with Gasteiger partial charge in [-0.3, -0.25) is 14.3 Å². The molecule has 1 spiro atoms. The molecule has 0 amide bonds. The molecule has 2 aromatic heterocycles. The number of aromatic nitrogens is 4. The topological polar surface area (TPSA) is 105 Å². The number of ether oxygens (including phenoxy) is 1. The van der Waals surface area contributed by atoms with Gasteiger partial charge in [0.1, 0.15) is 0 Å². The van der Waals surface area contributed by atoms with Crippen LogP contribution in [0.5, 0.6) is 0 Å². The maximum Gasteiger partial charge on any atom is 0.329 e. The van der Waals surface area contributed by atoms with Crippen LogP contribution in [0.4, 0.5) is 5.95 Å². The van der Waals surface area contributed by atoms with E-state index < -0.39 is 23.0 Å². The van der Waals surface area contributed by atoms with Gasteiger partial charge in [0.05, 0.1) is 11.7 Å². The van der Waals surface area contributed by atoms with E-state index in [4.69, 9.17) is 4.74 Å². The lowest BCUT2D eigenvalue weighted by atomic mass is 9.82. The molecule has 4 heterocycles. The summed E-state index contributed by atoms with van der Waals surface area (Å²) >= 11 is 0. The molecule has 2 fully saturated rings. The molecule has 2 aromatic rings. The van der Waals surface area contributed by atoms with Crippen LogP contribution in [0.25, 0.3) is 11.2 Å². The molecule has 0 aliphatic carbocycles. The third kappa shape index (κ3) is 2.41. The Balaban J connectivity index is 1.67. The number of aryl methyl sites for hydroxylation is 2. The minimum Gasteiger partial charge on any atom is -0.390 e. The zero-order valence-electron chi connectivity index (χ0n) is 14.5. The molecule has 0 aromatic carbocycles. The predicted molar refractivity (Wildman–Crippen MR) is 91.9 cm³/mol. The van der Waals surface area contributed by atoms with E-state index in [0.29, 0.717) is 49.7 Å². The molecule has 2 aliphatic heterocycles. The molecule has 0 saturated carbocycles. The number of aromatic amines is 1. The third-order valence-corrected chi connectivity index (χ3v) is 5.62. The van der Waals surface area contributed by atoms with Gasteiger partial charge in [0, 0.05) is 33.8 Å². The second-order valence-electron chi connectivity index (χ2n) is 7.02. The predicted octanol–water partition coefficient (Wildman–Crippen LogP) is -0.529. The highest BCUT2D eigenvalue weighted by molar-refractivity contribution is 5.74. The molecule has 2 saturated heterocycles. The first-order valence-corrected chi connectivity index (χ1v) is 8.66. The maximum absolute atomic E-state index is 12.2. The second kappa shape index (κ2) is 5.70.